The molecular weight excluding hydrogens is 1130 g/mol. The van der Waals surface area contributed by atoms with Crippen LogP contribution < -0.4 is 21.3 Å². The molecule has 0 spiro atoms. The molecule has 0 aliphatic rings. The molecule has 0 saturated heterocycles. The quantitative estimate of drug-likeness (QED) is 0.0429. The maximum atomic E-state index is 13.1. The van der Waals surface area contributed by atoms with E-state index in [1.807, 2.05) is 0 Å². The van der Waals surface area contributed by atoms with Crippen LogP contribution in [0.2, 0.25) is 0 Å². The fraction of sp³-hybridized carbons (Fsp3) is 0.947. The summed E-state index contributed by atoms with van der Waals surface area (Å²) in [6.07, 6.45) is 49.8. The van der Waals surface area contributed by atoms with Crippen LogP contribution >= 0.6 is 0 Å². The Hall–Kier alpha value is -2.40. The Kier molecular flexibility index (Phi) is 66.2. The van der Waals surface area contributed by atoms with Crippen LogP contribution in [0.4, 0.5) is 0 Å². The number of hydrogen-bond donors (Lipinski definition) is 4. The van der Waals surface area contributed by atoms with E-state index in [1.54, 1.807) is 0 Å². The van der Waals surface area contributed by atoms with Gasteiger partial charge in [0.05, 0.1) is 50.8 Å². The Bertz CT molecular complexity index is 1360. The number of nitrogens with zero attached hydrogens (tertiary/aromatic N) is 3. The van der Waals surface area contributed by atoms with Crippen LogP contribution in [0.15, 0.2) is 0 Å². The van der Waals surface area contributed by atoms with Gasteiger partial charge >= 0.3 is 0 Å². The molecule has 4 unspecified atom stereocenters. The topological polar surface area (TPSA) is 163 Å². The number of amides is 4. The van der Waals surface area contributed by atoms with Crippen molar-refractivity contribution in [3.63, 3.8) is 0 Å². The summed E-state index contributed by atoms with van der Waals surface area (Å²) in [7, 11) is 2.14. The van der Waals surface area contributed by atoms with E-state index in [2.05, 4.69) is 98.4 Å². The van der Waals surface area contributed by atoms with Crippen molar-refractivity contribution in [2.24, 2.45) is 0 Å². The third-order valence-corrected chi connectivity index (χ3v) is 17.8. The summed E-state index contributed by atoms with van der Waals surface area (Å²) in [4.78, 5) is 59.3. The monoisotopic (exact) mass is 1280 g/mol. The van der Waals surface area contributed by atoms with Gasteiger partial charge in [0.1, 0.15) is 0 Å². The number of nitrogens with one attached hydrogen (secondary N) is 4. The average molecular weight is 1280 g/mol. The van der Waals surface area contributed by atoms with E-state index in [0.717, 1.165) is 64.7 Å². The fourth-order valence-corrected chi connectivity index (χ4v) is 11.7. The van der Waals surface area contributed by atoms with Gasteiger partial charge in [-0.2, -0.15) is 0 Å². The average Bonchev–Trinajstić information content (AvgIpc) is 3.73. The SMILES string of the molecule is CCCCCCCCCCC(C)OCCNC(=O)CCN(CCCN(C)CCCN(CCC(=O)NCCOC(C)CCCCCCCCCC)CCC(=O)NCCOC(C)CCCCCCCCCC)CCC(=O)NCCOC(C)CCCCCCCCCC. The number of hydrogen-bond acceptors (Lipinski definition) is 11. The molecule has 4 N–H and O–H groups in total. The van der Waals surface area contributed by atoms with Crippen LogP contribution in [0.5, 0.6) is 0 Å². The molecule has 15 nitrogen and oxygen atoms in total. The smallest absolute Gasteiger partial charge is 0.221 e. The van der Waals surface area contributed by atoms with Gasteiger partial charge in [0, 0.05) is 78.0 Å². The van der Waals surface area contributed by atoms with Crippen LogP contribution in [0.1, 0.15) is 325 Å². The van der Waals surface area contributed by atoms with Crippen LogP contribution in [-0.4, -0.2) is 175 Å². The first kappa shape index (κ1) is 87.6. The minimum absolute atomic E-state index is 0.00475. The van der Waals surface area contributed by atoms with Gasteiger partial charge in [-0.1, -0.05) is 233 Å². The molecule has 0 aromatic rings. The Labute approximate surface area is 556 Å². The second-order valence-corrected chi connectivity index (χ2v) is 26.9. The van der Waals surface area contributed by atoms with E-state index < -0.39 is 0 Å². The van der Waals surface area contributed by atoms with Gasteiger partial charge in [0.2, 0.25) is 23.6 Å². The van der Waals surface area contributed by atoms with Crippen LogP contribution in [0, 0.1) is 0 Å². The zero-order valence-electron chi connectivity index (χ0n) is 60.9. The molecule has 0 fully saturated rings. The Morgan fingerprint density at radius 1 is 0.278 bits per heavy atom. The minimum atomic E-state index is 0.00475. The van der Waals surface area contributed by atoms with E-state index >= 15 is 0 Å². The van der Waals surface area contributed by atoms with Crippen LogP contribution in [0.3, 0.4) is 0 Å². The van der Waals surface area contributed by atoms with Gasteiger partial charge in [0.25, 0.3) is 0 Å². The molecule has 0 aliphatic heterocycles. The molecule has 0 aromatic carbocycles. The summed E-state index contributed by atoms with van der Waals surface area (Å²) >= 11 is 0. The minimum Gasteiger partial charge on any atom is -0.377 e. The van der Waals surface area contributed by atoms with Gasteiger partial charge in [-0.05, 0) is 99.4 Å². The van der Waals surface area contributed by atoms with Crippen molar-refractivity contribution in [2.75, 3.05) is 112 Å². The molecule has 0 aromatic heterocycles. The third kappa shape index (κ3) is 64.3. The predicted octanol–water partition coefficient (Wildman–Crippen LogP) is 16.1. The summed E-state index contributed by atoms with van der Waals surface area (Å²) < 4.78 is 24.2. The maximum absolute atomic E-state index is 13.1. The van der Waals surface area contributed by atoms with Crippen molar-refractivity contribution in [1.29, 1.82) is 0 Å². The van der Waals surface area contributed by atoms with Gasteiger partial charge in [-0.25, -0.2) is 0 Å². The highest BCUT2D eigenvalue weighted by Crippen LogP contribution is 2.16. The molecule has 0 saturated carbocycles. The highest BCUT2D eigenvalue weighted by molar-refractivity contribution is 5.77. The molecule has 4 atom stereocenters. The lowest BCUT2D eigenvalue weighted by Gasteiger charge is -2.25. The molecule has 0 aliphatic carbocycles. The highest BCUT2D eigenvalue weighted by Gasteiger charge is 2.16. The molecule has 0 radical (unpaired) electrons. The molecular formula is C75H151N7O8. The van der Waals surface area contributed by atoms with Crippen molar-refractivity contribution in [3.8, 4) is 0 Å². The zero-order valence-corrected chi connectivity index (χ0v) is 60.9. The van der Waals surface area contributed by atoms with E-state index in [9.17, 15) is 19.2 Å². The Morgan fingerprint density at radius 3 is 0.689 bits per heavy atom. The molecule has 0 rings (SSSR count). The number of rotatable bonds is 72. The Balaban J connectivity index is 5.29. The first-order chi connectivity index (χ1) is 43.8. The first-order valence-electron chi connectivity index (χ1n) is 38.5. The number of carbonyl (C=O) groups is 4. The van der Waals surface area contributed by atoms with Crippen molar-refractivity contribution < 1.29 is 38.1 Å². The number of carbonyl (C=O) groups excluding carboxylic acids is 4. The summed E-state index contributed by atoms with van der Waals surface area (Å²) in [6, 6.07) is 0. The number of unbranched alkanes of at least 4 members (excludes halogenated alkanes) is 28. The van der Waals surface area contributed by atoms with Crippen molar-refractivity contribution in [2.45, 2.75) is 349 Å². The second-order valence-electron chi connectivity index (χ2n) is 26.9. The molecule has 534 valence electrons. The predicted molar refractivity (Wildman–Crippen MR) is 381 cm³/mol. The Morgan fingerprint density at radius 2 is 0.478 bits per heavy atom. The van der Waals surface area contributed by atoms with E-state index in [1.165, 1.54) is 205 Å². The molecule has 4 amide bonds. The molecule has 90 heavy (non-hydrogen) atoms. The standard InChI is InChI=1S/C75H151N7O8/c1-10-14-18-22-26-30-34-38-44-68(5)87-64-52-76-72(83)48-60-81(61-49-73(84)77-53-65-88-69(6)45-39-35-31-27-23-19-15-11-2)58-42-56-80(9)57-43-59-82(62-50-74(85)78-54-66-89-70(7)46-40-36-32-28-24-20-16-12-3)63-51-75(86)79-55-67-90-71(8)47-41-37-33-29-25-21-17-13-4/h68-71H,10-67H2,1-9H3,(H,76,83)(H,77,84)(H,78,85)(H,79,86). The second kappa shape index (κ2) is 68.0. The molecule has 0 heterocycles. The zero-order chi connectivity index (χ0) is 66.0. The summed E-state index contributed by atoms with van der Waals surface area (Å²) in [5, 5.41) is 12.3. The van der Waals surface area contributed by atoms with Gasteiger partial charge < -0.3 is 54.9 Å². The highest BCUT2D eigenvalue weighted by atomic mass is 16.5. The van der Waals surface area contributed by atoms with Crippen LogP contribution in [0.25, 0.3) is 0 Å². The summed E-state index contributed by atoms with van der Waals surface area (Å²) in [5.74, 6) is 0.0190. The van der Waals surface area contributed by atoms with Gasteiger partial charge in [0.15, 0.2) is 0 Å². The molecule has 15 heteroatoms. The van der Waals surface area contributed by atoms with Crippen molar-refractivity contribution >= 4 is 23.6 Å². The first-order valence-corrected chi connectivity index (χ1v) is 38.5. The fourth-order valence-electron chi connectivity index (χ4n) is 11.7. The maximum Gasteiger partial charge on any atom is 0.221 e. The number of ether oxygens (including phenoxy) is 4. The van der Waals surface area contributed by atoms with E-state index in [4.69, 9.17) is 18.9 Å². The summed E-state index contributed by atoms with van der Waals surface area (Å²) in [5.41, 5.74) is 0. The third-order valence-electron chi connectivity index (χ3n) is 17.8. The van der Waals surface area contributed by atoms with Crippen LogP contribution in [-0.2, 0) is 38.1 Å². The lowest BCUT2D eigenvalue weighted by atomic mass is 10.1. The molecule has 0 bridgehead atoms. The normalized spacial score (nSPS) is 13.1. The van der Waals surface area contributed by atoms with Crippen molar-refractivity contribution in [1.82, 2.24) is 36.0 Å². The van der Waals surface area contributed by atoms with Gasteiger partial charge in [-0.3, -0.25) is 19.2 Å². The lowest BCUT2D eigenvalue weighted by Crippen LogP contribution is -2.38. The van der Waals surface area contributed by atoms with Crippen molar-refractivity contribution in [3.05, 3.63) is 0 Å². The van der Waals surface area contributed by atoms with E-state index in [-0.39, 0.29) is 48.0 Å². The largest absolute Gasteiger partial charge is 0.377 e. The lowest BCUT2D eigenvalue weighted by molar-refractivity contribution is -0.123. The van der Waals surface area contributed by atoms with E-state index in [0.29, 0.717) is 104 Å². The van der Waals surface area contributed by atoms with Gasteiger partial charge in [-0.15, -0.1) is 0 Å². The summed E-state index contributed by atoms with van der Waals surface area (Å²) in [6.45, 7) is 27.2.